The number of imide groups is 1. The molecule has 6 heterocycles. The van der Waals surface area contributed by atoms with E-state index in [1.54, 1.807) is 4.90 Å². The van der Waals surface area contributed by atoms with E-state index in [0.717, 1.165) is 97.1 Å². The SMILES string of the molecule is O=C1CCC(N2Cc3cc(C4CCN(C5CCN(c6ccc7c(c6)n(C6CCCC6)c6nc(=O)c8c(Br)cccc8n76)CC5)CC4)ccc3C2=O)C(=O)N1. The van der Waals surface area contributed by atoms with Gasteiger partial charge in [-0.2, -0.15) is 4.98 Å². The van der Waals surface area contributed by atoms with Gasteiger partial charge in [0.15, 0.2) is 0 Å². The summed E-state index contributed by atoms with van der Waals surface area (Å²) >= 11 is 3.61. The monoisotopic (exact) mass is 789 g/mol. The van der Waals surface area contributed by atoms with Gasteiger partial charge in [-0.1, -0.05) is 31.0 Å². The van der Waals surface area contributed by atoms with Crippen LogP contribution in [0.2, 0.25) is 0 Å². The minimum absolute atomic E-state index is 0.112. The van der Waals surface area contributed by atoms with Crippen molar-refractivity contribution in [1.29, 1.82) is 0 Å². The molecule has 1 N–H and O–H groups in total. The Kier molecular flexibility index (Phi) is 8.39. The van der Waals surface area contributed by atoms with E-state index in [-0.39, 0.29) is 29.7 Å². The number of rotatable bonds is 5. The molecule has 1 atom stereocenters. The lowest BCUT2D eigenvalue weighted by Gasteiger charge is -2.42. The highest BCUT2D eigenvalue weighted by molar-refractivity contribution is 9.10. The Labute approximate surface area is 321 Å². The summed E-state index contributed by atoms with van der Waals surface area (Å²) in [4.78, 5) is 62.3. The van der Waals surface area contributed by atoms with Crippen molar-refractivity contribution in [1.82, 2.24) is 29.1 Å². The third kappa shape index (κ3) is 5.58. The van der Waals surface area contributed by atoms with Crippen LogP contribution in [0.5, 0.6) is 0 Å². The number of aromatic nitrogens is 3. The van der Waals surface area contributed by atoms with Gasteiger partial charge in [0.25, 0.3) is 11.5 Å². The summed E-state index contributed by atoms with van der Waals surface area (Å²) in [5, 5.41) is 3.02. The van der Waals surface area contributed by atoms with Crippen molar-refractivity contribution in [3.63, 3.8) is 0 Å². The molecule has 1 aliphatic carbocycles. The zero-order chi connectivity index (χ0) is 36.7. The molecule has 11 nitrogen and oxygen atoms in total. The van der Waals surface area contributed by atoms with Crippen LogP contribution in [0.4, 0.5) is 5.69 Å². The standard InChI is InChI=1S/C42H44BrN7O4/c43-32-6-3-7-34-38(32)40(53)45-42-49(29-4-1-2-5-29)36-23-30(9-11-33(36)50(34)42)47-20-16-28(17-21-47)46-18-14-25(15-19-46)26-8-10-31-27(22-26)24-48(41(31)54)35-12-13-37(51)44-39(35)52/h3,6-11,22-23,25,28-29,35H,1-2,4-5,12-21,24H2,(H,44,51,52). The van der Waals surface area contributed by atoms with Crippen molar-refractivity contribution in [3.8, 4) is 0 Å². The van der Waals surface area contributed by atoms with Gasteiger partial charge in [0.1, 0.15) is 6.04 Å². The van der Waals surface area contributed by atoms with E-state index in [1.807, 2.05) is 24.3 Å². The molecule has 3 aromatic carbocycles. The largest absolute Gasteiger partial charge is 0.371 e. The number of carbonyl (C=O) groups is 3. The number of halogens is 1. The predicted molar refractivity (Wildman–Crippen MR) is 211 cm³/mol. The molecule has 10 rings (SSSR count). The van der Waals surface area contributed by atoms with E-state index >= 15 is 0 Å². The third-order valence-electron chi connectivity index (χ3n) is 13.1. The third-order valence-corrected chi connectivity index (χ3v) is 13.8. The average molecular weight is 791 g/mol. The van der Waals surface area contributed by atoms with Crippen LogP contribution >= 0.6 is 15.9 Å². The Morgan fingerprint density at radius 2 is 1.56 bits per heavy atom. The van der Waals surface area contributed by atoms with Crippen LogP contribution in [0.15, 0.2) is 63.9 Å². The molecule has 278 valence electrons. The van der Waals surface area contributed by atoms with Gasteiger partial charge in [0, 0.05) is 53.9 Å². The van der Waals surface area contributed by atoms with Crippen LogP contribution in [-0.4, -0.2) is 79.7 Å². The molecule has 5 aromatic rings. The first-order valence-electron chi connectivity index (χ1n) is 19.7. The van der Waals surface area contributed by atoms with Gasteiger partial charge in [-0.15, -0.1) is 0 Å². The van der Waals surface area contributed by atoms with Gasteiger partial charge in [-0.25, -0.2) is 0 Å². The zero-order valence-electron chi connectivity index (χ0n) is 30.3. The lowest BCUT2D eigenvalue weighted by Crippen LogP contribution is -2.52. The highest BCUT2D eigenvalue weighted by Crippen LogP contribution is 2.39. The number of hydrogen-bond donors (Lipinski definition) is 1. The molecule has 3 saturated heterocycles. The fourth-order valence-electron chi connectivity index (χ4n) is 10.3. The fourth-order valence-corrected chi connectivity index (χ4v) is 10.8. The van der Waals surface area contributed by atoms with Gasteiger partial charge in [0.05, 0.1) is 21.9 Å². The van der Waals surface area contributed by atoms with E-state index < -0.39 is 6.04 Å². The first kappa shape index (κ1) is 34.0. The number of imidazole rings is 1. The van der Waals surface area contributed by atoms with E-state index in [2.05, 4.69) is 70.3 Å². The maximum absolute atomic E-state index is 13.3. The first-order chi connectivity index (χ1) is 26.3. The van der Waals surface area contributed by atoms with Crippen molar-refractivity contribution in [3.05, 3.63) is 86.1 Å². The average Bonchev–Trinajstić information content (AvgIpc) is 3.91. The van der Waals surface area contributed by atoms with E-state index in [4.69, 9.17) is 4.98 Å². The summed E-state index contributed by atoms with van der Waals surface area (Å²) in [5.41, 5.74) is 7.14. The molecule has 54 heavy (non-hydrogen) atoms. The molecule has 1 saturated carbocycles. The van der Waals surface area contributed by atoms with Gasteiger partial charge in [-0.05, 0) is 127 Å². The highest BCUT2D eigenvalue weighted by Gasteiger charge is 2.39. The second kappa shape index (κ2) is 13.3. The quantitative estimate of drug-likeness (QED) is 0.209. The number of piperidine rings is 3. The fraction of sp³-hybridized carbons (Fsp3) is 0.452. The lowest BCUT2D eigenvalue weighted by atomic mass is 9.86. The van der Waals surface area contributed by atoms with Gasteiger partial charge < -0.3 is 19.3 Å². The zero-order valence-corrected chi connectivity index (χ0v) is 31.9. The Morgan fingerprint density at radius 1 is 0.759 bits per heavy atom. The molecule has 12 heteroatoms. The van der Waals surface area contributed by atoms with E-state index in [1.165, 1.54) is 24.1 Å². The summed E-state index contributed by atoms with van der Waals surface area (Å²) in [6.45, 7) is 4.57. The Morgan fingerprint density at radius 3 is 2.33 bits per heavy atom. The van der Waals surface area contributed by atoms with E-state index in [0.29, 0.717) is 41.9 Å². The number of amides is 3. The smallest absolute Gasteiger partial charge is 0.283 e. The van der Waals surface area contributed by atoms with Crippen LogP contribution < -0.4 is 15.8 Å². The number of fused-ring (bicyclic) bond motifs is 6. The maximum Gasteiger partial charge on any atom is 0.283 e. The summed E-state index contributed by atoms with van der Waals surface area (Å²) < 4.78 is 5.32. The number of hydrogen-bond acceptors (Lipinski definition) is 7. The molecular formula is C42H44BrN7O4. The van der Waals surface area contributed by atoms with Crippen molar-refractivity contribution < 1.29 is 14.4 Å². The molecule has 5 aliphatic rings. The topological polar surface area (TPSA) is 112 Å². The van der Waals surface area contributed by atoms with Gasteiger partial charge in [0.2, 0.25) is 17.6 Å². The Bertz CT molecular complexity index is 2420. The van der Waals surface area contributed by atoms with Gasteiger partial charge >= 0.3 is 0 Å². The Balaban J connectivity index is 0.821. The molecule has 2 aromatic heterocycles. The van der Waals surface area contributed by atoms with Crippen LogP contribution in [0.3, 0.4) is 0 Å². The molecule has 0 spiro atoms. The lowest BCUT2D eigenvalue weighted by molar-refractivity contribution is -0.136. The summed E-state index contributed by atoms with van der Waals surface area (Å²) in [6.07, 6.45) is 9.68. The highest BCUT2D eigenvalue weighted by atomic mass is 79.9. The van der Waals surface area contributed by atoms with Crippen molar-refractivity contribution in [2.75, 3.05) is 31.1 Å². The number of nitrogens with one attached hydrogen (secondary N) is 1. The molecule has 1 unspecified atom stereocenters. The van der Waals surface area contributed by atoms with E-state index in [9.17, 15) is 19.2 Å². The number of carbonyl (C=O) groups excluding carboxylic acids is 3. The molecule has 3 amide bonds. The number of nitrogens with zero attached hydrogens (tertiary/aromatic N) is 6. The number of anilines is 1. The van der Waals surface area contributed by atoms with Crippen molar-refractivity contribution in [2.24, 2.45) is 0 Å². The molecule has 4 aliphatic heterocycles. The van der Waals surface area contributed by atoms with Gasteiger partial charge in [-0.3, -0.25) is 28.9 Å². The second-order valence-electron chi connectivity index (χ2n) is 16.0. The predicted octanol–water partition coefficient (Wildman–Crippen LogP) is 6.29. The summed E-state index contributed by atoms with van der Waals surface area (Å²) in [6, 6.07) is 19.3. The van der Waals surface area contributed by atoms with Crippen LogP contribution in [-0.2, 0) is 16.1 Å². The molecular weight excluding hydrogens is 746 g/mol. The first-order valence-corrected chi connectivity index (χ1v) is 20.5. The van der Waals surface area contributed by atoms with Crippen LogP contribution in [0.1, 0.15) is 97.7 Å². The summed E-state index contributed by atoms with van der Waals surface area (Å²) in [7, 11) is 0. The summed E-state index contributed by atoms with van der Waals surface area (Å²) in [5.74, 6) is 0.452. The number of likely N-dealkylation sites (tertiary alicyclic amines) is 1. The number of benzene rings is 3. The Hall–Kier alpha value is -4.55. The van der Waals surface area contributed by atoms with Crippen molar-refractivity contribution in [2.45, 2.75) is 94.8 Å². The van der Waals surface area contributed by atoms with Crippen LogP contribution in [0.25, 0.3) is 27.7 Å². The minimum Gasteiger partial charge on any atom is -0.371 e. The van der Waals surface area contributed by atoms with Crippen LogP contribution in [0, 0.1) is 0 Å². The molecule has 4 fully saturated rings. The maximum atomic E-state index is 13.3. The molecule has 0 bridgehead atoms. The normalized spacial score (nSPS) is 22.3. The minimum atomic E-state index is -0.583. The van der Waals surface area contributed by atoms with Crippen molar-refractivity contribution >= 4 is 67.1 Å². The molecule has 0 radical (unpaired) electrons. The second-order valence-corrected chi connectivity index (χ2v) is 16.9.